The van der Waals surface area contributed by atoms with Gasteiger partial charge in [-0.05, 0) is 0 Å². The summed E-state index contributed by atoms with van der Waals surface area (Å²) >= 11 is 0. The van der Waals surface area contributed by atoms with Crippen molar-refractivity contribution in [3.63, 3.8) is 0 Å². The molecule has 2 aromatic rings. The molecule has 3 aliphatic rings. The topological polar surface area (TPSA) is 163 Å². The number of hydrogen-bond acceptors (Lipinski definition) is 9. The Kier molecular flexibility index (Phi) is 4.95. The third kappa shape index (κ3) is 3.64. The highest BCUT2D eigenvalue weighted by Gasteiger charge is 2.67. The lowest BCUT2D eigenvalue weighted by Gasteiger charge is -2.18. The molecule has 2 bridgehead atoms. The third-order valence-electron chi connectivity index (χ3n) is 6.03. The second-order valence-electron chi connectivity index (χ2n) is 7.93. The van der Waals surface area contributed by atoms with E-state index in [0.717, 1.165) is 18.2 Å². The second kappa shape index (κ2) is 7.83. The average molecular weight is 452 g/mol. The van der Waals surface area contributed by atoms with Gasteiger partial charge in [-0.15, -0.1) is 0 Å². The molecule has 2 saturated heterocycles. The summed E-state index contributed by atoms with van der Waals surface area (Å²) in [4.78, 5) is 46.1. The summed E-state index contributed by atoms with van der Waals surface area (Å²) in [6.45, 7) is 0.300. The lowest BCUT2D eigenvalue weighted by atomic mass is 10.0. The van der Waals surface area contributed by atoms with Gasteiger partial charge in [0.25, 0.3) is 17.3 Å². The predicted octanol–water partition coefficient (Wildman–Crippen LogP) is 2.09. The molecule has 5 rings (SSSR count). The standard InChI is InChI=1S/C21H16N4O8/c26-19(10-4-2-1-3-5-10)17-15-14-9-32-21(33-14)18(16(15)17)22-23-20(27)11-6-12(24(28)29)8-13(7-11)25(30)31/h1-8,14-17,21H,9H2,(H,23,27)/b22-18+/t14-,15+,16+,17-,21+/m1/s1. The number of nitro benzene ring substituents is 2. The Morgan fingerprint density at radius 3 is 2.30 bits per heavy atom. The van der Waals surface area contributed by atoms with Crippen molar-refractivity contribution in [3.8, 4) is 0 Å². The number of benzene rings is 2. The molecule has 0 unspecified atom stereocenters. The summed E-state index contributed by atoms with van der Waals surface area (Å²) in [5, 5.41) is 26.2. The van der Waals surface area contributed by atoms with Crippen LogP contribution < -0.4 is 5.43 Å². The largest absolute Gasteiger partial charge is 0.344 e. The number of Topliss-reactive ketones (excluding diaryl/α,β-unsaturated/α-hetero) is 1. The number of ether oxygens (including phenoxy) is 2. The van der Waals surface area contributed by atoms with Crippen molar-refractivity contribution in [2.45, 2.75) is 12.4 Å². The van der Waals surface area contributed by atoms with Crippen molar-refractivity contribution < 1.29 is 28.9 Å². The van der Waals surface area contributed by atoms with Crippen molar-refractivity contribution in [1.29, 1.82) is 0 Å². The van der Waals surface area contributed by atoms with E-state index < -0.39 is 33.4 Å². The van der Waals surface area contributed by atoms with Crippen LogP contribution in [0.25, 0.3) is 0 Å². The molecule has 0 radical (unpaired) electrons. The Balaban J connectivity index is 1.39. The molecule has 168 valence electrons. The second-order valence-corrected chi connectivity index (χ2v) is 7.93. The van der Waals surface area contributed by atoms with Crippen LogP contribution in [-0.4, -0.2) is 46.2 Å². The molecule has 2 aromatic carbocycles. The first-order valence-corrected chi connectivity index (χ1v) is 10.0. The summed E-state index contributed by atoms with van der Waals surface area (Å²) in [5.41, 5.74) is 1.69. The molecule has 1 saturated carbocycles. The number of nitrogens with zero attached hydrogens (tertiary/aromatic N) is 3. The molecule has 12 heteroatoms. The van der Waals surface area contributed by atoms with Crippen LogP contribution in [0.1, 0.15) is 20.7 Å². The fourth-order valence-electron chi connectivity index (χ4n) is 4.49. The normalized spacial score (nSPS) is 28.1. The van der Waals surface area contributed by atoms with Gasteiger partial charge >= 0.3 is 0 Å². The van der Waals surface area contributed by atoms with Gasteiger partial charge in [-0.2, -0.15) is 5.10 Å². The first-order valence-electron chi connectivity index (χ1n) is 10.0. The summed E-state index contributed by atoms with van der Waals surface area (Å²) in [6.07, 6.45) is -1.06. The number of carbonyl (C=O) groups is 2. The maximum atomic E-state index is 13.0. The minimum Gasteiger partial charge on any atom is -0.344 e. The Morgan fingerprint density at radius 2 is 1.67 bits per heavy atom. The molecule has 2 heterocycles. The number of nitrogens with one attached hydrogen (secondary N) is 1. The summed E-state index contributed by atoms with van der Waals surface area (Å²) in [5.74, 6) is -1.69. The van der Waals surface area contributed by atoms with E-state index in [4.69, 9.17) is 9.47 Å². The first kappa shape index (κ1) is 20.8. The highest BCUT2D eigenvalue weighted by molar-refractivity contribution is 6.07. The van der Waals surface area contributed by atoms with Gasteiger partial charge in [-0.1, -0.05) is 30.3 Å². The van der Waals surface area contributed by atoms with Gasteiger partial charge in [0.1, 0.15) is 0 Å². The zero-order valence-electron chi connectivity index (χ0n) is 16.8. The highest BCUT2D eigenvalue weighted by atomic mass is 16.7. The number of carbonyl (C=O) groups excluding carboxylic acids is 2. The molecule has 0 aromatic heterocycles. The van der Waals surface area contributed by atoms with Crippen LogP contribution in [-0.2, 0) is 9.47 Å². The summed E-state index contributed by atoms with van der Waals surface area (Å²) in [7, 11) is 0. The molecule has 12 nitrogen and oxygen atoms in total. The number of ketones is 1. The van der Waals surface area contributed by atoms with Crippen LogP contribution in [0.15, 0.2) is 53.6 Å². The lowest BCUT2D eigenvalue weighted by molar-refractivity contribution is -0.394. The van der Waals surface area contributed by atoms with Crippen LogP contribution in [0.2, 0.25) is 0 Å². The molecule has 1 N–H and O–H groups in total. The smallest absolute Gasteiger partial charge is 0.277 e. The molecule has 3 fully saturated rings. The Morgan fingerprint density at radius 1 is 1.00 bits per heavy atom. The van der Waals surface area contributed by atoms with Gasteiger partial charge in [-0.3, -0.25) is 29.8 Å². The molecule has 2 aliphatic heterocycles. The number of non-ortho nitro benzene ring substituents is 2. The third-order valence-corrected chi connectivity index (χ3v) is 6.03. The maximum Gasteiger partial charge on any atom is 0.277 e. The van der Waals surface area contributed by atoms with E-state index in [2.05, 4.69) is 10.5 Å². The fourth-order valence-corrected chi connectivity index (χ4v) is 4.49. The van der Waals surface area contributed by atoms with Gasteiger partial charge < -0.3 is 9.47 Å². The Labute approximate surface area is 185 Å². The number of amides is 1. The molecule has 1 aliphatic carbocycles. The van der Waals surface area contributed by atoms with Gasteiger partial charge in [-0.25, -0.2) is 5.43 Å². The van der Waals surface area contributed by atoms with Crippen LogP contribution >= 0.6 is 0 Å². The zero-order valence-corrected chi connectivity index (χ0v) is 16.8. The van der Waals surface area contributed by atoms with E-state index >= 15 is 0 Å². The molecule has 5 atom stereocenters. The summed E-state index contributed by atoms with van der Waals surface area (Å²) in [6, 6.07) is 11.4. The summed E-state index contributed by atoms with van der Waals surface area (Å²) < 4.78 is 11.4. The average Bonchev–Trinajstić information content (AvgIpc) is 3.42. The minimum atomic E-state index is -0.877. The number of hydrazone groups is 1. The van der Waals surface area contributed by atoms with Crippen molar-refractivity contribution in [2.75, 3.05) is 6.61 Å². The SMILES string of the molecule is O=C(N/N=C1/[C@H]2OC[C@@H](O2)[C@@H]2[C@@H](C(=O)c3ccccc3)[C@@H]12)c1cc([N+](=O)[O-])cc([N+](=O)[O-])c1. The lowest BCUT2D eigenvalue weighted by Crippen LogP contribution is -2.33. The highest BCUT2D eigenvalue weighted by Crippen LogP contribution is 2.57. The number of rotatable bonds is 6. The Bertz CT molecular complexity index is 1180. The monoisotopic (exact) mass is 452 g/mol. The quantitative estimate of drug-likeness (QED) is 0.395. The van der Waals surface area contributed by atoms with Gasteiger partial charge in [0.05, 0.1) is 39.9 Å². The molecular formula is C21H16N4O8. The van der Waals surface area contributed by atoms with E-state index in [1.165, 1.54) is 0 Å². The van der Waals surface area contributed by atoms with Gasteiger partial charge in [0.15, 0.2) is 12.1 Å². The number of nitro groups is 2. The molecule has 33 heavy (non-hydrogen) atoms. The maximum absolute atomic E-state index is 13.0. The molecule has 1 amide bonds. The van der Waals surface area contributed by atoms with Crippen molar-refractivity contribution in [2.24, 2.45) is 22.9 Å². The molecule has 0 spiro atoms. The fraction of sp³-hybridized carbons (Fsp3) is 0.286. The molecular weight excluding hydrogens is 436 g/mol. The Hall–Kier alpha value is -4.03. The first-order chi connectivity index (χ1) is 15.8. The number of hydrogen-bond donors (Lipinski definition) is 1. The van der Waals surface area contributed by atoms with E-state index in [-0.39, 0.29) is 35.2 Å². The van der Waals surface area contributed by atoms with Crippen LogP contribution in [0.4, 0.5) is 11.4 Å². The van der Waals surface area contributed by atoms with Crippen molar-refractivity contribution >= 4 is 28.8 Å². The van der Waals surface area contributed by atoms with E-state index in [0.29, 0.717) is 17.9 Å². The van der Waals surface area contributed by atoms with Crippen molar-refractivity contribution in [3.05, 3.63) is 79.9 Å². The van der Waals surface area contributed by atoms with E-state index in [1.54, 1.807) is 24.3 Å². The number of fused-ring (bicyclic) bond motifs is 4. The van der Waals surface area contributed by atoms with Crippen LogP contribution in [0.5, 0.6) is 0 Å². The van der Waals surface area contributed by atoms with Gasteiger partial charge in [0.2, 0.25) is 0 Å². The van der Waals surface area contributed by atoms with E-state index in [1.807, 2.05) is 6.07 Å². The van der Waals surface area contributed by atoms with Crippen LogP contribution in [0, 0.1) is 38.0 Å². The van der Waals surface area contributed by atoms with Crippen molar-refractivity contribution in [1.82, 2.24) is 5.43 Å². The predicted molar refractivity (Wildman–Crippen MR) is 111 cm³/mol. The van der Waals surface area contributed by atoms with Gasteiger partial charge in [0, 0.05) is 35.4 Å². The zero-order chi connectivity index (χ0) is 23.3. The minimum absolute atomic E-state index is 0.0462. The van der Waals surface area contributed by atoms with Crippen LogP contribution in [0.3, 0.4) is 0 Å². The van der Waals surface area contributed by atoms with E-state index in [9.17, 15) is 29.8 Å².